The number of pyridine rings is 1. The van der Waals surface area contributed by atoms with E-state index in [2.05, 4.69) is 45.1 Å². The molecule has 160 valence electrons. The summed E-state index contributed by atoms with van der Waals surface area (Å²) in [6.07, 6.45) is -0.323. The number of carbonyl (C=O) groups excluding carboxylic acids is 1. The third kappa shape index (κ3) is 3.42. The molecule has 2 N–H and O–H groups in total. The van der Waals surface area contributed by atoms with E-state index in [0.717, 1.165) is 10.1 Å². The molecule has 7 nitrogen and oxygen atoms in total. The van der Waals surface area contributed by atoms with Crippen LogP contribution in [0.3, 0.4) is 0 Å². The Balaban J connectivity index is 1.76. The maximum atomic E-state index is 12.9. The molecule has 3 heterocycles. The highest BCUT2D eigenvalue weighted by atomic mass is 79.9. The normalized spacial score (nSPS) is 25.2. The number of ether oxygens (including phenoxy) is 2. The molecule has 30 heavy (non-hydrogen) atoms. The van der Waals surface area contributed by atoms with Crippen LogP contribution >= 0.6 is 27.3 Å². The number of hydrogen-bond donors (Lipinski definition) is 2. The molecule has 0 fully saturated rings. The molecule has 9 heteroatoms. The predicted octanol–water partition coefficient (Wildman–Crippen LogP) is 4.26. The molecular formula is C21H24BrN3O4S. The quantitative estimate of drug-likeness (QED) is 0.663. The molecule has 0 radical (unpaired) electrons. The number of hydrogen-bond acceptors (Lipinski definition) is 6. The van der Waals surface area contributed by atoms with E-state index in [1.807, 2.05) is 19.2 Å². The number of fused-ring (bicyclic) bond motifs is 3. The molecule has 0 saturated heterocycles. The van der Waals surface area contributed by atoms with E-state index in [0.29, 0.717) is 28.0 Å². The lowest BCUT2D eigenvalue weighted by atomic mass is 9.77. The van der Waals surface area contributed by atoms with Crippen LogP contribution in [0.25, 0.3) is 17.0 Å². The standard InChI is InChI=1S/C21H24BrN3O4S/c1-8(2)20(27)25-21-24-12(7-30-21)11-6-13(26)19-16(23-11)14-15(22)18(28-5)10(4)9(3)17(14)29-19/h6-10,17-18H,1-5H3,(H,23,26)(H,24,25,27). The summed E-state index contributed by atoms with van der Waals surface area (Å²) < 4.78 is 12.7. The second kappa shape index (κ2) is 7.94. The fourth-order valence-corrected chi connectivity index (χ4v) is 5.65. The summed E-state index contributed by atoms with van der Waals surface area (Å²) in [5, 5.41) is 5.11. The molecule has 4 unspecified atom stereocenters. The summed E-state index contributed by atoms with van der Waals surface area (Å²) in [7, 11) is 1.69. The summed E-state index contributed by atoms with van der Waals surface area (Å²) in [4.78, 5) is 32.6. The summed E-state index contributed by atoms with van der Waals surface area (Å²) in [6, 6.07) is 1.50. The number of aromatic nitrogens is 2. The van der Waals surface area contributed by atoms with E-state index in [4.69, 9.17) is 9.47 Å². The molecule has 2 aromatic rings. The van der Waals surface area contributed by atoms with Crippen LogP contribution in [-0.4, -0.2) is 35.2 Å². The molecular weight excluding hydrogens is 470 g/mol. The Hall–Kier alpha value is -1.97. The van der Waals surface area contributed by atoms with Crippen LogP contribution in [0.5, 0.6) is 5.75 Å². The molecule has 0 spiro atoms. The number of thiazole rings is 1. The molecule has 1 amide bonds. The zero-order valence-electron chi connectivity index (χ0n) is 17.4. The van der Waals surface area contributed by atoms with Gasteiger partial charge in [-0.3, -0.25) is 9.59 Å². The van der Waals surface area contributed by atoms with E-state index in [1.165, 1.54) is 17.4 Å². The first-order chi connectivity index (χ1) is 14.2. The van der Waals surface area contributed by atoms with Gasteiger partial charge in [0, 0.05) is 40.4 Å². The maximum absolute atomic E-state index is 12.9. The molecule has 4 rings (SSSR count). The zero-order valence-corrected chi connectivity index (χ0v) is 19.8. The monoisotopic (exact) mass is 493 g/mol. The fourth-order valence-electron chi connectivity index (χ4n) is 3.90. The van der Waals surface area contributed by atoms with Crippen LogP contribution in [0.1, 0.15) is 33.4 Å². The number of carbonyl (C=O) groups is 1. The number of nitrogens with one attached hydrogen (secondary N) is 2. The average Bonchev–Trinajstić information content (AvgIpc) is 3.31. The van der Waals surface area contributed by atoms with Crippen molar-refractivity contribution in [1.82, 2.24) is 9.97 Å². The minimum absolute atomic E-state index is 0.0976. The Morgan fingerprint density at radius 3 is 2.77 bits per heavy atom. The maximum Gasteiger partial charge on any atom is 0.228 e. The van der Waals surface area contributed by atoms with Crippen molar-refractivity contribution < 1.29 is 14.3 Å². The van der Waals surface area contributed by atoms with Gasteiger partial charge in [0.05, 0.1) is 23.2 Å². The molecule has 0 aromatic carbocycles. The second-order valence-electron chi connectivity index (χ2n) is 8.11. The van der Waals surface area contributed by atoms with Gasteiger partial charge in [0.15, 0.2) is 10.9 Å². The van der Waals surface area contributed by atoms with Crippen molar-refractivity contribution in [2.45, 2.75) is 39.9 Å². The minimum Gasteiger partial charge on any atom is -0.479 e. The van der Waals surface area contributed by atoms with Crippen molar-refractivity contribution in [3.05, 3.63) is 31.8 Å². The van der Waals surface area contributed by atoms with Crippen molar-refractivity contribution in [3.63, 3.8) is 0 Å². The molecule has 1 aliphatic carbocycles. The largest absolute Gasteiger partial charge is 0.479 e. The molecule has 2 aliphatic rings. The zero-order chi connectivity index (χ0) is 21.7. The van der Waals surface area contributed by atoms with Gasteiger partial charge in [-0.15, -0.1) is 11.3 Å². The first kappa shape index (κ1) is 21.3. The Bertz CT molecular complexity index is 1090. The van der Waals surface area contributed by atoms with Gasteiger partial charge in [0.2, 0.25) is 11.3 Å². The molecule has 0 bridgehead atoms. The van der Waals surface area contributed by atoms with Gasteiger partial charge in [-0.05, 0) is 5.92 Å². The van der Waals surface area contributed by atoms with Gasteiger partial charge in [-0.2, -0.15) is 0 Å². The van der Waals surface area contributed by atoms with Crippen molar-refractivity contribution in [1.29, 1.82) is 0 Å². The van der Waals surface area contributed by atoms with E-state index in [9.17, 15) is 9.59 Å². The van der Waals surface area contributed by atoms with E-state index in [1.54, 1.807) is 7.11 Å². The minimum atomic E-state index is -0.216. The lowest BCUT2D eigenvalue weighted by Crippen LogP contribution is -2.40. The Morgan fingerprint density at radius 2 is 2.10 bits per heavy atom. The van der Waals surface area contributed by atoms with E-state index >= 15 is 0 Å². The number of amides is 1. The van der Waals surface area contributed by atoms with Crippen molar-refractivity contribution in [3.8, 4) is 17.1 Å². The van der Waals surface area contributed by atoms with Crippen LogP contribution in [-0.2, 0) is 9.53 Å². The molecule has 4 atom stereocenters. The number of rotatable bonds is 4. The Kier molecular flexibility index (Phi) is 5.63. The molecule has 1 aliphatic heterocycles. The highest BCUT2D eigenvalue weighted by molar-refractivity contribution is 9.11. The lowest BCUT2D eigenvalue weighted by Gasteiger charge is -2.37. The number of methoxy groups -OCH3 is 1. The predicted molar refractivity (Wildman–Crippen MR) is 121 cm³/mol. The van der Waals surface area contributed by atoms with Gasteiger partial charge >= 0.3 is 0 Å². The molecule has 2 aromatic heterocycles. The topological polar surface area (TPSA) is 93.3 Å². The van der Waals surface area contributed by atoms with Crippen LogP contribution in [0, 0.1) is 17.8 Å². The lowest BCUT2D eigenvalue weighted by molar-refractivity contribution is -0.118. The number of aromatic amines is 1. The summed E-state index contributed by atoms with van der Waals surface area (Å²) in [5.41, 5.74) is 2.56. The van der Waals surface area contributed by atoms with E-state index in [-0.39, 0.29) is 41.3 Å². The molecule has 0 saturated carbocycles. The SMILES string of the molecule is COC1C(Br)=C2c3[nH]c(-c4csc(NC(=O)C(C)C)n4)cc(=O)c3OC2C(C)C1C. The van der Waals surface area contributed by atoms with Crippen LogP contribution in [0.15, 0.2) is 20.7 Å². The third-order valence-corrected chi connectivity index (χ3v) is 7.50. The summed E-state index contributed by atoms with van der Waals surface area (Å²) in [6.45, 7) is 7.88. The average molecular weight is 494 g/mol. The Labute approximate surface area is 187 Å². The van der Waals surface area contributed by atoms with Gasteiger partial charge in [-0.25, -0.2) is 4.98 Å². The van der Waals surface area contributed by atoms with Crippen LogP contribution in [0.2, 0.25) is 0 Å². The van der Waals surface area contributed by atoms with Crippen LogP contribution in [0.4, 0.5) is 5.13 Å². The van der Waals surface area contributed by atoms with Gasteiger partial charge in [0.25, 0.3) is 0 Å². The number of halogens is 1. The van der Waals surface area contributed by atoms with E-state index < -0.39 is 0 Å². The Morgan fingerprint density at radius 1 is 1.37 bits per heavy atom. The first-order valence-corrected chi connectivity index (χ1v) is 11.5. The van der Waals surface area contributed by atoms with Crippen molar-refractivity contribution >= 4 is 43.9 Å². The second-order valence-corrected chi connectivity index (χ2v) is 9.82. The summed E-state index contributed by atoms with van der Waals surface area (Å²) in [5.74, 6) is 0.495. The number of H-pyrrole nitrogens is 1. The van der Waals surface area contributed by atoms with Crippen molar-refractivity contribution in [2.24, 2.45) is 17.8 Å². The van der Waals surface area contributed by atoms with Gasteiger partial charge in [0.1, 0.15) is 6.10 Å². The third-order valence-electron chi connectivity index (χ3n) is 5.86. The highest BCUT2D eigenvalue weighted by Crippen LogP contribution is 2.49. The summed E-state index contributed by atoms with van der Waals surface area (Å²) >= 11 is 5.02. The van der Waals surface area contributed by atoms with Crippen molar-refractivity contribution in [2.75, 3.05) is 12.4 Å². The first-order valence-electron chi connectivity index (χ1n) is 9.86. The number of anilines is 1. The highest BCUT2D eigenvalue weighted by Gasteiger charge is 2.46. The number of nitrogens with zero attached hydrogens (tertiary/aromatic N) is 1. The smallest absolute Gasteiger partial charge is 0.228 e. The van der Waals surface area contributed by atoms with Gasteiger partial charge < -0.3 is 19.8 Å². The fraction of sp³-hybridized carbons (Fsp3) is 0.476. The van der Waals surface area contributed by atoms with Gasteiger partial charge in [-0.1, -0.05) is 43.6 Å². The van der Waals surface area contributed by atoms with Crippen LogP contribution < -0.4 is 15.5 Å².